The van der Waals surface area contributed by atoms with Crippen molar-refractivity contribution in [1.82, 2.24) is 20.0 Å². The average Bonchev–Trinajstić information content (AvgIpc) is 3.17. The Morgan fingerprint density at radius 3 is 2.92 bits per heavy atom. The highest BCUT2D eigenvalue weighted by Gasteiger charge is 2.49. The molecule has 3 heterocycles. The topological polar surface area (TPSA) is 113 Å². The normalized spacial score (nSPS) is 24.1. The van der Waals surface area contributed by atoms with Crippen molar-refractivity contribution < 1.29 is 14.7 Å². The SMILES string of the molecule is Nc1nnc(SCC(=O)N2CC[C@]3(CCCN(CCO)C3=O)C2)s1. The molecule has 132 valence electrons. The summed E-state index contributed by atoms with van der Waals surface area (Å²) in [6.07, 6.45) is 2.44. The van der Waals surface area contributed by atoms with Gasteiger partial charge in [-0.3, -0.25) is 9.59 Å². The molecule has 2 aliphatic heterocycles. The van der Waals surface area contributed by atoms with Crippen LogP contribution >= 0.6 is 23.1 Å². The summed E-state index contributed by atoms with van der Waals surface area (Å²) in [5, 5.41) is 17.1. The molecule has 1 spiro atoms. The van der Waals surface area contributed by atoms with E-state index >= 15 is 0 Å². The first-order valence-corrected chi connectivity index (χ1v) is 9.74. The molecule has 0 unspecified atom stereocenters. The predicted molar refractivity (Wildman–Crippen MR) is 91.6 cm³/mol. The summed E-state index contributed by atoms with van der Waals surface area (Å²) < 4.78 is 0.678. The summed E-state index contributed by atoms with van der Waals surface area (Å²) in [7, 11) is 0. The van der Waals surface area contributed by atoms with Gasteiger partial charge in [-0.15, -0.1) is 10.2 Å². The van der Waals surface area contributed by atoms with E-state index in [0.29, 0.717) is 42.1 Å². The van der Waals surface area contributed by atoms with E-state index in [1.54, 1.807) is 9.80 Å². The fourth-order valence-electron chi connectivity index (χ4n) is 3.44. The van der Waals surface area contributed by atoms with E-state index < -0.39 is 5.41 Å². The lowest BCUT2D eigenvalue weighted by molar-refractivity contribution is -0.146. The van der Waals surface area contributed by atoms with E-state index in [2.05, 4.69) is 10.2 Å². The zero-order valence-electron chi connectivity index (χ0n) is 13.3. The lowest BCUT2D eigenvalue weighted by Gasteiger charge is -2.39. The Morgan fingerprint density at radius 1 is 1.38 bits per heavy atom. The van der Waals surface area contributed by atoms with Crippen molar-refractivity contribution >= 4 is 40.0 Å². The number of thioether (sulfide) groups is 1. The van der Waals surface area contributed by atoms with Gasteiger partial charge in [0.1, 0.15) is 0 Å². The Kier molecular flexibility index (Phi) is 5.26. The third kappa shape index (κ3) is 3.50. The van der Waals surface area contributed by atoms with Crippen molar-refractivity contribution in [3.63, 3.8) is 0 Å². The fraction of sp³-hybridized carbons (Fsp3) is 0.714. The highest BCUT2D eigenvalue weighted by Crippen LogP contribution is 2.40. The Labute approximate surface area is 148 Å². The first-order chi connectivity index (χ1) is 11.5. The molecule has 2 aliphatic rings. The molecular weight excluding hydrogens is 350 g/mol. The van der Waals surface area contributed by atoms with Gasteiger partial charge < -0.3 is 20.6 Å². The lowest BCUT2D eigenvalue weighted by atomic mass is 9.78. The zero-order chi connectivity index (χ0) is 17.2. The van der Waals surface area contributed by atoms with Crippen LogP contribution in [0.1, 0.15) is 19.3 Å². The molecule has 0 bridgehead atoms. The molecule has 8 nitrogen and oxygen atoms in total. The number of nitrogen functional groups attached to an aromatic ring is 1. The lowest BCUT2D eigenvalue weighted by Crippen LogP contribution is -2.51. The number of nitrogens with two attached hydrogens (primary N) is 1. The van der Waals surface area contributed by atoms with Crippen molar-refractivity contribution in [3.8, 4) is 0 Å². The van der Waals surface area contributed by atoms with Gasteiger partial charge in [-0.1, -0.05) is 23.1 Å². The van der Waals surface area contributed by atoms with Crippen molar-refractivity contribution in [1.29, 1.82) is 0 Å². The maximum absolute atomic E-state index is 12.7. The number of nitrogens with zero attached hydrogens (tertiary/aromatic N) is 4. The third-order valence-corrected chi connectivity index (χ3v) is 6.51. The van der Waals surface area contributed by atoms with Crippen molar-refractivity contribution in [2.24, 2.45) is 5.41 Å². The van der Waals surface area contributed by atoms with Gasteiger partial charge in [-0.25, -0.2) is 0 Å². The number of piperidine rings is 1. The van der Waals surface area contributed by atoms with Gasteiger partial charge in [0.25, 0.3) is 0 Å². The van der Waals surface area contributed by atoms with E-state index in [9.17, 15) is 9.59 Å². The maximum Gasteiger partial charge on any atom is 0.233 e. The second-order valence-corrected chi connectivity index (χ2v) is 8.39. The van der Waals surface area contributed by atoms with Gasteiger partial charge in [-0.2, -0.15) is 0 Å². The number of β-amino-alcohol motifs (C(OH)–C–C–N with tert-alkyl or cyclic N) is 1. The van der Waals surface area contributed by atoms with Gasteiger partial charge in [-0.05, 0) is 19.3 Å². The molecule has 1 atom stereocenters. The number of carbonyl (C=O) groups excluding carboxylic acids is 2. The Balaban J connectivity index is 1.57. The molecule has 2 fully saturated rings. The van der Waals surface area contributed by atoms with E-state index in [-0.39, 0.29) is 24.2 Å². The fourth-order valence-corrected chi connectivity index (χ4v) is 4.98. The number of anilines is 1. The number of aromatic nitrogens is 2. The van der Waals surface area contributed by atoms with Crippen LogP contribution in [0.4, 0.5) is 5.13 Å². The Morgan fingerprint density at radius 2 is 2.21 bits per heavy atom. The van der Waals surface area contributed by atoms with Crippen molar-refractivity contribution in [3.05, 3.63) is 0 Å². The minimum atomic E-state index is -0.457. The van der Waals surface area contributed by atoms with Crippen LogP contribution in [0.15, 0.2) is 4.34 Å². The number of hydrogen-bond donors (Lipinski definition) is 2. The molecule has 3 N–H and O–H groups in total. The van der Waals surface area contributed by atoms with Crippen LogP contribution < -0.4 is 5.73 Å². The minimum absolute atomic E-state index is 0.0118. The molecule has 1 aromatic heterocycles. The second-order valence-electron chi connectivity index (χ2n) is 6.16. The van der Waals surface area contributed by atoms with Gasteiger partial charge in [0.15, 0.2) is 4.34 Å². The van der Waals surface area contributed by atoms with E-state index in [4.69, 9.17) is 10.8 Å². The van der Waals surface area contributed by atoms with Crippen LogP contribution in [0, 0.1) is 5.41 Å². The van der Waals surface area contributed by atoms with Crippen LogP contribution in [-0.4, -0.2) is 75.5 Å². The molecule has 3 rings (SSSR count). The molecule has 0 saturated carbocycles. The summed E-state index contributed by atoms with van der Waals surface area (Å²) in [5.41, 5.74) is 5.07. The van der Waals surface area contributed by atoms with Crippen molar-refractivity contribution in [2.75, 3.05) is 44.3 Å². The van der Waals surface area contributed by atoms with E-state index in [1.807, 2.05) is 0 Å². The monoisotopic (exact) mass is 371 g/mol. The summed E-state index contributed by atoms with van der Waals surface area (Å²) in [5.74, 6) is 0.375. The first-order valence-electron chi connectivity index (χ1n) is 7.94. The standard InChI is InChI=1S/C14H21N5O3S2/c15-12-16-17-13(24-12)23-8-10(21)19-5-3-14(9-19)2-1-4-18(6-7-20)11(14)22/h20H,1-9H2,(H2,15,16)/t14-/m1/s1. The van der Waals surface area contributed by atoms with Crippen LogP contribution in [-0.2, 0) is 9.59 Å². The quantitative estimate of drug-likeness (QED) is 0.703. The minimum Gasteiger partial charge on any atom is -0.395 e. The molecule has 0 aliphatic carbocycles. The van der Waals surface area contributed by atoms with E-state index in [1.165, 1.54) is 23.1 Å². The van der Waals surface area contributed by atoms with Crippen molar-refractivity contribution in [2.45, 2.75) is 23.6 Å². The molecule has 2 amide bonds. The molecule has 10 heteroatoms. The number of hydrogen-bond acceptors (Lipinski definition) is 8. The van der Waals surface area contributed by atoms with E-state index in [0.717, 1.165) is 12.8 Å². The van der Waals surface area contributed by atoms with Crippen LogP contribution in [0.2, 0.25) is 0 Å². The maximum atomic E-state index is 12.7. The van der Waals surface area contributed by atoms with Gasteiger partial charge in [0, 0.05) is 26.2 Å². The van der Waals surface area contributed by atoms with Crippen LogP contribution in [0.25, 0.3) is 0 Å². The smallest absolute Gasteiger partial charge is 0.233 e. The first kappa shape index (κ1) is 17.4. The number of aliphatic hydroxyl groups excluding tert-OH is 1. The van der Waals surface area contributed by atoms with Crippen LogP contribution in [0.3, 0.4) is 0 Å². The number of aliphatic hydroxyl groups is 1. The average molecular weight is 371 g/mol. The summed E-state index contributed by atoms with van der Waals surface area (Å²) >= 11 is 2.59. The van der Waals surface area contributed by atoms with Gasteiger partial charge >= 0.3 is 0 Å². The predicted octanol–water partition coefficient (Wildman–Crippen LogP) is 0.0458. The molecule has 0 aromatic carbocycles. The Bertz CT molecular complexity index is 623. The second kappa shape index (κ2) is 7.24. The van der Waals surface area contributed by atoms with Crippen LogP contribution in [0.5, 0.6) is 0 Å². The molecule has 2 saturated heterocycles. The zero-order valence-corrected chi connectivity index (χ0v) is 14.9. The van der Waals surface area contributed by atoms with Gasteiger partial charge in [0.2, 0.25) is 16.9 Å². The number of carbonyl (C=O) groups is 2. The number of rotatable bonds is 5. The molecular formula is C14H21N5O3S2. The third-order valence-electron chi connectivity index (χ3n) is 4.64. The Hall–Kier alpha value is -1.39. The highest BCUT2D eigenvalue weighted by molar-refractivity contribution is 8.01. The largest absolute Gasteiger partial charge is 0.395 e. The van der Waals surface area contributed by atoms with Gasteiger partial charge in [0.05, 0.1) is 17.8 Å². The highest BCUT2D eigenvalue weighted by atomic mass is 32.2. The molecule has 1 aromatic rings. The summed E-state index contributed by atoms with van der Waals surface area (Å²) in [6, 6.07) is 0. The molecule has 0 radical (unpaired) electrons. The number of amides is 2. The summed E-state index contributed by atoms with van der Waals surface area (Å²) in [4.78, 5) is 28.7. The molecule has 24 heavy (non-hydrogen) atoms. The summed E-state index contributed by atoms with van der Waals surface area (Å²) in [6.45, 7) is 2.14. The number of likely N-dealkylation sites (tertiary alicyclic amines) is 2.